The summed E-state index contributed by atoms with van der Waals surface area (Å²) in [5.41, 5.74) is 0.137. The van der Waals surface area contributed by atoms with E-state index in [0.29, 0.717) is 12.1 Å². The molecule has 0 aromatic carbocycles. The second kappa shape index (κ2) is 8.81. The number of hydrogen-bond acceptors (Lipinski definition) is 4. The maximum Gasteiger partial charge on any atom is 0.191 e. The molecule has 136 valence electrons. The number of aryl methyl sites for hydroxylation is 1. The fraction of sp³-hybridized carbons (Fsp3) is 0.778. The van der Waals surface area contributed by atoms with Crippen LogP contribution in [0.2, 0.25) is 0 Å². The Labute approximate surface area is 150 Å². The molecular weight excluding hydrogens is 320 g/mol. The molecule has 2 unspecified atom stereocenters. The van der Waals surface area contributed by atoms with Gasteiger partial charge in [0.25, 0.3) is 0 Å². The van der Waals surface area contributed by atoms with Crippen LogP contribution in [0, 0.1) is 12.3 Å². The molecular formula is C18H32N4OS. The Kier molecular flexibility index (Phi) is 7.04. The molecule has 5 nitrogen and oxygen atoms in total. The molecule has 1 aromatic heterocycles. The van der Waals surface area contributed by atoms with E-state index in [0.717, 1.165) is 38.4 Å². The summed E-state index contributed by atoms with van der Waals surface area (Å²) < 4.78 is 6.01. The molecule has 0 spiro atoms. The van der Waals surface area contributed by atoms with Gasteiger partial charge in [0.1, 0.15) is 0 Å². The highest BCUT2D eigenvalue weighted by Gasteiger charge is 2.49. The first-order valence-electron chi connectivity index (χ1n) is 8.97. The fourth-order valence-corrected chi connectivity index (χ4v) is 3.73. The van der Waals surface area contributed by atoms with Crippen molar-refractivity contribution in [3.63, 3.8) is 0 Å². The SMILES string of the molecule is CCCCOC1CC(NC(=NC)NCCc2ncc(C)s2)C1(C)C. The van der Waals surface area contributed by atoms with Crippen LogP contribution < -0.4 is 10.6 Å². The average molecular weight is 353 g/mol. The molecule has 1 aliphatic carbocycles. The number of unbranched alkanes of at least 4 members (excludes halogenated alkanes) is 1. The summed E-state index contributed by atoms with van der Waals surface area (Å²) in [7, 11) is 1.82. The highest BCUT2D eigenvalue weighted by Crippen LogP contribution is 2.42. The van der Waals surface area contributed by atoms with E-state index >= 15 is 0 Å². The predicted molar refractivity (Wildman–Crippen MR) is 102 cm³/mol. The molecule has 0 radical (unpaired) electrons. The summed E-state index contributed by atoms with van der Waals surface area (Å²) in [6.07, 6.45) is 6.58. The van der Waals surface area contributed by atoms with Crippen molar-refractivity contribution in [1.29, 1.82) is 0 Å². The lowest BCUT2D eigenvalue weighted by Gasteiger charge is -2.52. The third kappa shape index (κ3) is 4.93. The second-order valence-corrected chi connectivity index (χ2v) is 8.40. The normalized spacial score (nSPS) is 23.0. The smallest absolute Gasteiger partial charge is 0.191 e. The van der Waals surface area contributed by atoms with Gasteiger partial charge in [-0.1, -0.05) is 27.2 Å². The van der Waals surface area contributed by atoms with Gasteiger partial charge in [0, 0.05) is 49.2 Å². The molecule has 0 bridgehead atoms. The summed E-state index contributed by atoms with van der Waals surface area (Å²) in [4.78, 5) is 10.0. The van der Waals surface area contributed by atoms with E-state index in [-0.39, 0.29) is 5.41 Å². The van der Waals surface area contributed by atoms with E-state index < -0.39 is 0 Å². The average Bonchev–Trinajstić information content (AvgIpc) is 2.97. The number of thiazole rings is 1. The van der Waals surface area contributed by atoms with Gasteiger partial charge in [0.2, 0.25) is 0 Å². The van der Waals surface area contributed by atoms with Crippen LogP contribution in [0.5, 0.6) is 0 Å². The van der Waals surface area contributed by atoms with Crippen LogP contribution in [0.1, 0.15) is 49.9 Å². The standard InChI is InChI=1S/C18H32N4OS/c1-6-7-10-23-15-11-14(18(15,3)4)22-17(19-5)20-9-8-16-21-12-13(2)24-16/h12,14-15H,6-11H2,1-5H3,(H2,19,20,22). The first-order chi connectivity index (χ1) is 11.5. The number of hydrogen-bond donors (Lipinski definition) is 2. The quantitative estimate of drug-likeness (QED) is 0.429. The van der Waals surface area contributed by atoms with Gasteiger partial charge in [0.15, 0.2) is 5.96 Å². The maximum atomic E-state index is 6.01. The van der Waals surface area contributed by atoms with Crippen molar-refractivity contribution >= 4 is 17.3 Å². The minimum Gasteiger partial charge on any atom is -0.378 e. The van der Waals surface area contributed by atoms with Crippen molar-refractivity contribution in [2.75, 3.05) is 20.2 Å². The van der Waals surface area contributed by atoms with Crippen LogP contribution in [0.15, 0.2) is 11.2 Å². The lowest BCUT2D eigenvalue weighted by molar-refractivity contribution is -0.113. The van der Waals surface area contributed by atoms with E-state index in [9.17, 15) is 0 Å². The van der Waals surface area contributed by atoms with Crippen molar-refractivity contribution in [2.45, 2.75) is 65.5 Å². The largest absolute Gasteiger partial charge is 0.378 e. The predicted octanol–water partition coefficient (Wildman–Crippen LogP) is 3.14. The molecule has 1 saturated carbocycles. The molecule has 1 aliphatic rings. The summed E-state index contributed by atoms with van der Waals surface area (Å²) in [5, 5.41) is 8.11. The van der Waals surface area contributed by atoms with Crippen molar-refractivity contribution in [2.24, 2.45) is 10.4 Å². The van der Waals surface area contributed by atoms with Crippen molar-refractivity contribution in [3.05, 3.63) is 16.1 Å². The molecule has 0 aliphatic heterocycles. The van der Waals surface area contributed by atoms with E-state index in [2.05, 4.69) is 48.3 Å². The van der Waals surface area contributed by atoms with Gasteiger partial charge < -0.3 is 15.4 Å². The molecule has 1 heterocycles. The van der Waals surface area contributed by atoms with Crippen molar-refractivity contribution in [1.82, 2.24) is 15.6 Å². The Morgan fingerprint density at radius 1 is 1.50 bits per heavy atom. The van der Waals surface area contributed by atoms with Gasteiger partial charge in [-0.15, -0.1) is 11.3 Å². The Morgan fingerprint density at radius 2 is 2.29 bits per heavy atom. The van der Waals surface area contributed by atoms with Crippen LogP contribution in [-0.4, -0.2) is 43.3 Å². The number of nitrogens with zero attached hydrogens (tertiary/aromatic N) is 2. The van der Waals surface area contributed by atoms with Crippen LogP contribution in [-0.2, 0) is 11.2 Å². The molecule has 2 N–H and O–H groups in total. The Balaban J connectivity index is 1.73. The molecule has 1 fully saturated rings. The van der Waals surface area contributed by atoms with Gasteiger partial charge in [0.05, 0.1) is 11.1 Å². The number of ether oxygens (including phenoxy) is 1. The Hall–Kier alpha value is -1.14. The number of guanidine groups is 1. The fourth-order valence-electron chi connectivity index (χ4n) is 2.95. The Bertz CT molecular complexity index is 541. The summed E-state index contributed by atoms with van der Waals surface area (Å²) in [6.45, 7) is 10.6. The summed E-state index contributed by atoms with van der Waals surface area (Å²) in [5.74, 6) is 0.869. The monoisotopic (exact) mass is 352 g/mol. The van der Waals surface area contributed by atoms with E-state index in [1.165, 1.54) is 16.3 Å². The number of aliphatic imine (C=N–C) groups is 1. The van der Waals surface area contributed by atoms with Gasteiger partial charge in [-0.2, -0.15) is 0 Å². The van der Waals surface area contributed by atoms with Crippen LogP contribution in [0.3, 0.4) is 0 Å². The van der Waals surface area contributed by atoms with Gasteiger partial charge in [-0.3, -0.25) is 4.99 Å². The van der Waals surface area contributed by atoms with Crippen molar-refractivity contribution < 1.29 is 4.74 Å². The third-order valence-corrected chi connectivity index (χ3v) is 5.80. The zero-order valence-electron chi connectivity index (χ0n) is 15.7. The maximum absolute atomic E-state index is 6.01. The van der Waals surface area contributed by atoms with E-state index in [1.807, 2.05) is 13.2 Å². The minimum absolute atomic E-state index is 0.137. The second-order valence-electron chi connectivity index (χ2n) is 7.08. The van der Waals surface area contributed by atoms with Crippen LogP contribution in [0.25, 0.3) is 0 Å². The Morgan fingerprint density at radius 3 is 2.88 bits per heavy atom. The van der Waals surface area contributed by atoms with Gasteiger partial charge in [-0.25, -0.2) is 4.98 Å². The van der Waals surface area contributed by atoms with Crippen LogP contribution >= 0.6 is 11.3 Å². The molecule has 0 amide bonds. The van der Waals surface area contributed by atoms with Gasteiger partial charge >= 0.3 is 0 Å². The summed E-state index contributed by atoms with van der Waals surface area (Å²) >= 11 is 1.76. The highest BCUT2D eigenvalue weighted by atomic mass is 32.1. The lowest BCUT2D eigenvalue weighted by Crippen LogP contribution is -2.63. The molecule has 2 atom stereocenters. The number of aromatic nitrogens is 1. The number of nitrogens with one attached hydrogen (secondary N) is 2. The lowest BCUT2D eigenvalue weighted by atomic mass is 9.64. The zero-order chi connectivity index (χ0) is 17.6. The van der Waals surface area contributed by atoms with Crippen molar-refractivity contribution in [3.8, 4) is 0 Å². The topological polar surface area (TPSA) is 58.5 Å². The minimum atomic E-state index is 0.137. The third-order valence-electron chi connectivity index (χ3n) is 4.83. The van der Waals surface area contributed by atoms with Crippen LogP contribution in [0.4, 0.5) is 0 Å². The molecule has 0 saturated heterocycles. The zero-order valence-corrected chi connectivity index (χ0v) is 16.5. The molecule has 24 heavy (non-hydrogen) atoms. The molecule has 6 heteroatoms. The van der Waals surface area contributed by atoms with E-state index in [1.54, 1.807) is 11.3 Å². The highest BCUT2D eigenvalue weighted by molar-refractivity contribution is 7.11. The van der Waals surface area contributed by atoms with Gasteiger partial charge in [-0.05, 0) is 19.8 Å². The van der Waals surface area contributed by atoms with E-state index in [4.69, 9.17) is 4.74 Å². The molecule has 2 rings (SSSR count). The first-order valence-corrected chi connectivity index (χ1v) is 9.79. The summed E-state index contributed by atoms with van der Waals surface area (Å²) in [6, 6.07) is 0.400. The molecule has 1 aromatic rings. The number of rotatable bonds is 8. The first kappa shape index (κ1) is 19.2.